The third kappa shape index (κ3) is 11.0. The number of hydrogen-bond donors (Lipinski definition) is 2. The predicted octanol–water partition coefficient (Wildman–Crippen LogP) is 7.50. The summed E-state index contributed by atoms with van der Waals surface area (Å²) < 4.78 is 5.89. The third-order valence-electron chi connectivity index (χ3n) is 6.09. The Balaban J connectivity index is 1.84. The summed E-state index contributed by atoms with van der Waals surface area (Å²) in [5.74, 6) is 1.20. The van der Waals surface area contributed by atoms with E-state index in [0.29, 0.717) is 25.3 Å². The fraction of sp³-hybridized carbons (Fsp3) is 0.533. The number of benzene rings is 2. The fourth-order valence-corrected chi connectivity index (χ4v) is 3.93. The lowest BCUT2D eigenvalue weighted by atomic mass is 10.0. The molecule has 0 saturated carbocycles. The number of phenolic OH excluding ortho intramolecular Hbond substituents is 2. The van der Waals surface area contributed by atoms with Gasteiger partial charge in [0.1, 0.15) is 17.2 Å². The molecule has 2 aromatic rings. The van der Waals surface area contributed by atoms with E-state index in [0.717, 1.165) is 36.3 Å². The molecule has 0 atom stereocenters. The standard InChI is InChI=1S/C30H44N2O3/c1-4-6-8-9-10-12-20-35-27-15-17-30(34)28(22-27)24(3)32-19-18-31-23-26-21-25(13-11-7-5-2)14-16-29(26)33/h14-17,21-23,33-34H,4-13,18-20H2,1-3H3. The van der Waals surface area contributed by atoms with Crippen LogP contribution in [0.1, 0.15) is 95.2 Å². The van der Waals surface area contributed by atoms with E-state index in [2.05, 4.69) is 23.8 Å². The molecule has 0 aliphatic heterocycles. The fourth-order valence-electron chi connectivity index (χ4n) is 3.93. The van der Waals surface area contributed by atoms with Crippen LogP contribution >= 0.6 is 0 Å². The van der Waals surface area contributed by atoms with E-state index in [1.165, 1.54) is 50.5 Å². The second-order valence-electron chi connectivity index (χ2n) is 9.15. The molecule has 0 aromatic heterocycles. The van der Waals surface area contributed by atoms with Crippen molar-refractivity contribution in [3.63, 3.8) is 0 Å². The monoisotopic (exact) mass is 480 g/mol. The third-order valence-corrected chi connectivity index (χ3v) is 6.09. The minimum absolute atomic E-state index is 0.200. The van der Waals surface area contributed by atoms with Crippen molar-refractivity contribution < 1.29 is 14.9 Å². The maximum absolute atomic E-state index is 10.3. The van der Waals surface area contributed by atoms with E-state index in [1.807, 2.05) is 25.1 Å². The first-order valence-corrected chi connectivity index (χ1v) is 13.3. The first kappa shape index (κ1) is 28.4. The average Bonchev–Trinajstić information content (AvgIpc) is 2.86. The number of unbranched alkanes of at least 4 members (excludes halogenated alkanes) is 7. The number of aromatic hydroxyl groups is 2. The molecule has 0 heterocycles. The predicted molar refractivity (Wildman–Crippen MR) is 148 cm³/mol. The largest absolute Gasteiger partial charge is 0.507 e. The van der Waals surface area contributed by atoms with Gasteiger partial charge in [-0.25, -0.2) is 0 Å². The van der Waals surface area contributed by atoms with Gasteiger partial charge in [0, 0.05) is 23.1 Å². The molecule has 0 radical (unpaired) electrons. The van der Waals surface area contributed by atoms with Crippen molar-refractivity contribution in [2.45, 2.75) is 85.0 Å². The van der Waals surface area contributed by atoms with Crippen LogP contribution in [0.4, 0.5) is 0 Å². The Labute approximate surface area is 212 Å². The van der Waals surface area contributed by atoms with Gasteiger partial charge in [-0.2, -0.15) is 0 Å². The molecule has 5 heteroatoms. The molecular formula is C30H44N2O3. The number of nitrogens with zero attached hydrogens (tertiary/aromatic N) is 2. The number of rotatable bonds is 17. The molecule has 0 aliphatic carbocycles. The molecule has 0 bridgehead atoms. The first-order chi connectivity index (χ1) is 17.0. The van der Waals surface area contributed by atoms with E-state index < -0.39 is 0 Å². The van der Waals surface area contributed by atoms with Crippen molar-refractivity contribution in [2.75, 3.05) is 19.7 Å². The van der Waals surface area contributed by atoms with Gasteiger partial charge in [-0.1, -0.05) is 64.9 Å². The van der Waals surface area contributed by atoms with E-state index >= 15 is 0 Å². The molecule has 192 valence electrons. The quantitative estimate of drug-likeness (QED) is 0.182. The van der Waals surface area contributed by atoms with Crippen molar-refractivity contribution >= 4 is 11.9 Å². The molecule has 35 heavy (non-hydrogen) atoms. The maximum Gasteiger partial charge on any atom is 0.124 e. The maximum atomic E-state index is 10.3. The minimum atomic E-state index is 0.200. The summed E-state index contributed by atoms with van der Waals surface area (Å²) in [4.78, 5) is 9.02. The molecular weight excluding hydrogens is 436 g/mol. The molecule has 2 rings (SSSR count). The van der Waals surface area contributed by atoms with Crippen molar-refractivity contribution in [2.24, 2.45) is 9.98 Å². The topological polar surface area (TPSA) is 74.4 Å². The van der Waals surface area contributed by atoms with Crippen LogP contribution in [0.3, 0.4) is 0 Å². The highest BCUT2D eigenvalue weighted by molar-refractivity contribution is 6.01. The zero-order valence-corrected chi connectivity index (χ0v) is 21.9. The molecule has 0 spiro atoms. The summed E-state index contributed by atoms with van der Waals surface area (Å²) in [7, 11) is 0. The van der Waals surface area contributed by atoms with Crippen LogP contribution in [0, 0.1) is 0 Å². The molecule has 5 nitrogen and oxygen atoms in total. The smallest absolute Gasteiger partial charge is 0.124 e. The van der Waals surface area contributed by atoms with Crippen LogP contribution in [-0.2, 0) is 6.42 Å². The van der Waals surface area contributed by atoms with Crippen LogP contribution < -0.4 is 4.74 Å². The lowest BCUT2D eigenvalue weighted by molar-refractivity contribution is 0.304. The lowest BCUT2D eigenvalue weighted by Gasteiger charge is -2.10. The van der Waals surface area contributed by atoms with Crippen molar-refractivity contribution in [3.05, 3.63) is 53.1 Å². The normalized spacial score (nSPS) is 11.9. The summed E-state index contributed by atoms with van der Waals surface area (Å²) in [6.07, 6.45) is 13.7. The first-order valence-electron chi connectivity index (χ1n) is 13.3. The second-order valence-corrected chi connectivity index (χ2v) is 9.15. The molecule has 2 N–H and O–H groups in total. The van der Waals surface area contributed by atoms with Crippen molar-refractivity contribution in [1.82, 2.24) is 0 Å². The summed E-state index contributed by atoms with van der Waals surface area (Å²) in [6, 6.07) is 11.1. The van der Waals surface area contributed by atoms with Gasteiger partial charge in [0.05, 0.1) is 19.7 Å². The molecule has 0 saturated heterocycles. The molecule has 2 aromatic carbocycles. The van der Waals surface area contributed by atoms with Gasteiger partial charge < -0.3 is 14.9 Å². The Morgan fingerprint density at radius 3 is 2.34 bits per heavy atom. The van der Waals surface area contributed by atoms with Crippen LogP contribution in [0.15, 0.2) is 46.4 Å². The highest BCUT2D eigenvalue weighted by Crippen LogP contribution is 2.24. The highest BCUT2D eigenvalue weighted by atomic mass is 16.5. The number of hydrogen-bond acceptors (Lipinski definition) is 5. The molecule has 0 amide bonds. The Morgan fingerprint density at radius 2 is 1.54 bits per heavy atom. The SMILES string of the molecule is CCCCCCCCOc1ccc(O)c(C(C)=NCCN=Cc2cc(CCCCC)ccc2O)c1. The molecule has 0 unspecified atom stereocenters. The number of aryl methyl sites for hydroxylation is 1. The second kappa shape index (κ2) is 16.7. The van der Waals surface area contributed by atoms with Gasteiger partial charge in [-0.3, -0.25) is 9.98 Å². The highest BCUT2D eigenvalue weighted by Gasteiger charge is 2.07. The van der Waals surface area contributed by atoms with Gasteiger partial charge in [0.25, 0.3) is 0 Å². The van der Waals surface area contributed by atoms with Crippen LogP contribution in [0.25, 0.3) is 0 Å². The van der Waals surface area contributed by atoms with Gasteiger partial charge in [0.15, 0.2) is 0 Å². The van der Waals surface area contributed by atoms with Crippen LogP contribution in [0.2, 0.25) is 0 Å². The Bertz CT molecular complexity index is 937. The Kier molecular flexibility index (Phi) is 13.6. The van der Waals surface area contributed by atoms with Gasteiger partial charge >= 0.3 is 0 Å². The molecule has 0 aliphatic rings. The minimum Gasteiger partial charge on any atom is -0.507 e. The molecule has 0 fully saturated rings. The van der Waals surface area contributed by atoms with Gasteiger partial charge in [-0.15, -0.1) is 0 Å². The summed E-state index contributed by atoms with van der Waals surface area (Å²) in [5, 5.41) is 20.4. The Morgan fingerprint density at radius 1 is 0.829 bits per heavy atom. The van der Waals surface area contributed by atoms with Gasteiger partial charge in [-0.05, 0) is 62.1 Å². The van der Waals surface area contributed by atoms with E-state index in [4.69, 9.17) is 4.74 Å². The Hall–Kier alpha value is -2.82. The summed E-state index contributed by atoms with van der Waals surface area (Å²) >= 11 is 0. The van der Waals surface area contributed by atoms with Gasteiger partial charge in [0.2, 0.25) is 0 Å². The average molecular weight is 481 g/mol. The zero-order valence-electron chi connectivity index (χ0n) is 21.9. The van der Waals surface area contributed by atoms with E-state index in [1.54, 1.807) is 24.4 Å². The zero-order chi connectivity index (χ0) is 25.3. The number of aliphatic imine (C=N–C) groups is 2. The lowest BCUT2D eigenvalue weighted by Crippen LogP contribution is -2.02. The van der Waals surface area contributed by atoms with Crippen molar-refractivity contribution in [3.8, 4) is 17.2 Å². The van der Waals surface area contributed by atoms with Crippen LogP contribution in [-0.4, -0.2) is 41.8 Å². The van der Waals surface area contributed by atoms with Crippen LogP contribution in [0.5, 0.6) is 17.2 Å². The summed E-state index contributed by atoms with van der Waals surface area (Å²) in [5.41, 5.74) is 3.41. The van der Waals surface area contributed by atoms with E-state index in [9.17, 15) is 10.2 Å². The van der Waals surface area contributed by atoms with E-state index in [-0.39, 0.29) is 11.5 Å². The number of phenols is 2. The number of ether oxygens (including phenoxy) is 1. The summed E-state index contributed by atoms with van der Waals surface area (Å²) in [6.45, 7) is 8.01. The van der Waals surface area contributed by atoms with Crippen molar-refractivity contribution in [1.29, 1.82) is 0 Å².